The van der Waals surface area contributed by atoms with E-state index >= 15 is 0 Å². The molecule has 6 nitrogen and oxygen atoms in total. The lowest BCUT2D eigenvalue weighted by Crippen LogP contribution is -2.49. The topological polar surface area (TPSA) is 51.2 Å². The van der Waals surface area contributed by atoms with E-state index in [-0.39, 0.29) is 12.4 Å². The zero-order valence-corrected chi connectivity index (χ0v) is 13.1. The Hall–Kier alpha value is -2.21. The van der Waals surface area contributed by atoms with Crippen molar-refractivity contribution in [3.05, 3.63) is 48.4 Å². The Bertz CT molecular complexity index is 519. The van der Waals surface area contributed by atoms with Gasteiger partial charge in [0.1, 0.15) is 19.1 Å². The Morgan fingerprint density at radius 3 is 2.48 bits per heavy atom. The van der Waals surface area contributed by atoms with Gasteiger partial charge in [-0.05, 0) is 5.56 Å². The molecule has 0 N–H and O–H groups in total. The molecule has 23 heavy (non-hydrogen) atoms. The van der Waals surface area contributed by atoms with Crippen LogP contribution in [0.2, 0.25) is 0 Å². The van der Waals surface area contributed by atoms with Crippen LogP contribution < -0.4 is 0 Å². The molecule has 0 atom stereocenters. The Morgan fingerprint density at radius 2 is 1.78 bits per heavy atom. The van der Waals surface area contributed by atoms with Crippen LogP contribution in [0.5, 0.6) is 0 Å². The Balaban J connectivity index is 1.34. The Morgan fingerprint density at radius 1 is 1.09 bits per heavy atom. The van der Waals surface area contributed by atoms with Crippen molar-refractivity contribution in [2.75, 3.05) is 32.7 Å². The molecule has 0 unspecified atom stereocenters. The number of amides is 1. The lowest BCUT2D eigenvalue weighted by atomic mass is 10.2. The highest BCUT2D eigenvalue weighted by Gasteiger charge is 2.23. The van der Waals surface area contributed by atoms with E-state index < -0.39 is 0 Å². The quantitative estimate of drug-likeness (QED) is 0.833. The van der Waals surface area contributed by atoms with Crippen LogP contribution in [-0.4, -0.2) is 54.9 Å². The number of ether oxygens (including phenoxy) is 3. The summed E-state index contributed by atoms with van der Waals surface area (Å²) < 4.78 is 15.9. The lowest BCUT2D eigenvalue weighted by Gasteiger charge is -2.34. The summed E-state index contributed by atoms with van der Waals surface area (Å²) >= 11 is 0. The highest BCUT2D eigenvalue weighted by atomic mass is 16.7. The van der Waals surface area contributed by atoms with Gasteiger partial charge in [-0.15, -0.1) is 0 Å². The number of rotatable bonds is 5. The number of carbonyl (C=O) groups is 1. The third-order valence-electron chi connectivity index (χ3n) is 4.03. The average molecular weight is 318 g/mol. The smallest absolute Gasteiger partial charge is 0.410 e. The summed E-state index contributed by atoms with van der Waals surface area (Å²) in [5.74, 6) is 0. The van der Waals surface area contributed by atoms with Crippen molar-refractivity contribution in [2.45, 2.75) is 19.3 Å². The van der Waals surface area contributed by atoms with Crippen LogP contribution >= 0.6 is 0 Å². The van der Waals surface area contributed by atoms with E-state index in [1.54, 1.807) is 17.4 Å². The van der Waals surface area contributed by atoms with Crippen molar-refractivity contribution in [2.24, 2.45) is 0 Å². The van der Waals surface area contributed by atoms with E-state index in [4.69, 9.17) is 14.2 Å². The van der Waals surface area contributed by atoms with Crippen molar-refractivity contribution in [1.29, 1.82) is 0 Å². The molecule has 0 saturated carbocycles. The van der Waals surface area contributed by atoms with Crippen LogP contribution in [0, 0.1) is 0 Å². The molecule has 1 fully saturated rings. The molecule has 124 valence electrons. The first-order valence-corrected chi connectivity index (χ1v) is 7.95. The molecule has 2 aliphatic heterocycles. The minimum absolute atomic E-state index is 0.163. The average Bonchev–Trinajstić information content (AvgIpc) is 3.13. The van der Waals surface area contributed by atoms with Gasteiger partial charge in [-0.3, -0.25) is 4.90 Å². The van der Waals surface area contributed by atoms with E-state index in [1.165, 1.54) is 0 Å². The molecule has 0 aromatic heterocycles. The zero-order valence-electron chi connectivity index (χ0n) is 13.1. The Labute approximate surface area is 136 Å². The van der Waals surface area contributed by atoms with E-state index in [0.29, 0.717) is 19.7 Å². The van der Waals surface area contributed by atoms with Crippen molar-refractivity contribution < 1.29 is 19.0 Å². The maximum atomic E-state index is 12.1. The van der Waals surface area contributed by atoms with Crippen LogP contribution in [0.15, 0.2) is 42.9 Å². The fourth-order valence-corrected chi connectivity index (χ4v) is 2.66. The fourth-order valence-electron chi connectivity index (χ4n) is 2.66. The van der Waals surface area contributed by atoms with Gasteiger partial charge < -0.3 is 19.1 Å². The van der Waals surface area contributed by atoms with Gasteiger partial charge in [0.2, 0.25) is 6.29 Å². The molecule has 2 heterocycles. The van der Waals surface area contributed by atoms with Crippen LogP contribution in [0.4, 0.5) is 4.79 Å². The van der Waals surface area contributed by atoms with Gasteiger partial charge in [0.25, 0.3) is 0 Å². The second kappa shape index (κ2) is 7.87. The second-order valence-electron chi connectivity index (χ2n) is 5.63. The molecule has 0 bridgehead atoms. The van der Waals surface area contributed by atoms with Crippen LogP contribution in [-0.2, 0) is 20.8 Å². The third-order valence-corrected chi connectivity index (χ3v) is 4.03. The molecular weight excluding hydrogens is 296 g/mol. The monoisotopic (exact) mass is 318 g/mol. The molecule has 1 saturated heterocycles. The molecule has 1 aromatic carbocycles. The first-order valence-electron chi connectivity index (χ1n) is 7.95. The van der Waals surface area contributed by atoms with Gasteiger partial charge in [0.05, 0.1) is 0 Å². The Kier molecular flexibility index (Phi) is 5.37. The van der Waals surface area contributed by atoms with Crippen molar-refractivity contribution >= 4 is 6.09 Å². The summed E-state index contributed by atoms with van der Waals surface area (Å²) in [5, 5.41) is 0. The van der Waals surface area contributed by atoms with Gasteiger partial charge in [0, 0.05) is 39.1 Å². The molecular formula is C17H22N2O4. The highest BCUT2D eigenvalue weighted by Crippen LogP contribution is 2.12. The molecule has 3 rings (SSSR count). The lowest BCUT2D eigenvalue weighted by molar-refractivity contribution is -0.0358. The predicted molar refractivity (Wildman–Crippen MR) is 84.4 cm³/mol. The first kappa shape index (κ1) is 15.7. The molecule has 0 spiro atoms. The first-order chi connectivity index (χ1) is 11.3. The SMILES string of the molecule is O=C(OCc1ccccc1)N1CCN(CCC2OC=CO2)CC1. The number of carbonyl (C=O) groups excluding carboxylic acids is 1. The van der Waals surface area contributed by atoms with E-state index in [2.05, 4.69) is 4.90 Å². The molecule has 2 aliphatic rings. The summed E-state index contributed by atoms with van der Waals surface area (Å²) in [7, 11) is 0. The van der Waals surface area contributed by atoms with Gasteiger partial charge >= 0.3 is 6.09 Å². The number of benzene rings is 1. The largest absolute Gasteiger partial charge is 0.459 e. The van der Waals surface area contributed by atoms with Crippen LogP contribution in [0.3, 0.4) is 0 Å². The van der Waals surface area contributed by atoms with Gasteiger partial charge in [-0.25, -0.2) is 4.79 Å². The van der Waals surface area contributed by atoms with Crippen molar-refractivity contribution in [3.63, 3.8) is 0 Å². The summed E-state index contributed by atoms with van der Waals surface area (Å²) in [4.78, 5) is 16.2. The van der Waals surface area contributed by atoms with Gasteiger partial charge in [-0.1, -0.05) is 30.3 Å². The number of nitrogens with zero attached hydrogens (tertiary/aromatic N) is 2. The number of hydrogen-bond donors (Lipinski definition) is 0. The summed E-state index contributed by atoms with van der Waals surface area (Å²) in [5.41, 5.74) is 1.00. The van der Waals surface area contributed by atoms with E-state index in [9.17, 15) is 4.79 Å². The molecule has 6 heteroatoms. The maximum absolute atomic E-state index is 12.1. The van der Waals surface area contributed by atoms with Gasteiger partial charge in [0.15, 0.2) is 0 Å². The molecule has 0 aliphatic carbocycles. The summed E-state index contributed by atoms with van der Waals surface area (Å²) in [6.07, 6.45) is 3.58. The number of piperazine rings is 1. The number of hydrogen-bond acceptors (Lipinski definition) is 5. The van der Waals surface area contributed by atoms with E-state index in [1.807, 2.05) is 30.3 Å². The molecule has 0 radical (unpaired) electrons. The van der Waals surface area contributed by atoms with Crippen molar-refractivity contribution in [3.8, 4) is 0 Å². The highest BCUT2D eigenvalue weighted by molar-refractivity contribution is 5.67. The van der Waals surface area contributed by atoms with Crippen LogP contribution in [0.25, 0.3) is 0 Å². The second-order valence-corrected chi connectivity index (χ2v) is 5.63. The summed E-state index contributed by atoms with van der Waals surface area (Å²) in [6, 6.07) is 9.73. The zero-order chi connectivity index (χ0) is 15.9. The predicted octanol–water partition coefficient (Wildman–Crippen LogP) is 2.17. The van der Waals surface area contributed by atoms with Crippen molar-refractivity contribution in [1.82, 2.24) is 9.80 Å². The normalized spacial score (nSPS) is 18.5. The van der Waals surface area contributed by atoms with Gasteiger partial charge in [-0.2, -0.15) is 0 Å². The minimum Gasteiger partial charge on any atom is -0.459 e. The van der Waals surface area contributed by atoms with Crippen LogP contribution in [0.1, 0.15) is 12.0 Å². The fraction of sp³-hybridized carbons (Fsp3) is 0.471. The standard InChI is InChI=1S/C17H22N2O4/c20-17(23-14-15-4-2-1-3-5-15)19-10-8-18(9-11-19)7-6-16-21-12-13-22-16/h1-5,12-13,16H,6-11,14H2. The molecule has 1 aromatic rings. The van der Waals surface area contributed by atoms with E-state index in [0.717, 1.165) is 31.6 Å². The maximum Gasteiger partial charge on any atom is 0.410 e. The minimum atomic E-state index is -0.236. The third kappa shape index (κ3) is 4.63. The molecule has 1 amide bonds. The summed E-state index contributed by atoms with van der Waals surface area (Å²) in [6.45, 7) is 4.31.